The zero-order chi connectivity index (χ0) is 20.1. The Hall–Kier alpha value is -2.19. The molecule has 2 amide bonds. The summed E-state index contributed by atoms with van der Waals surface area (Å²) >= 11 is 7.79. The third-order valence-electron chi connectivity index (χ3n) is 4.74. The van der Waals surface area contributed by atoms with Gasteiger partial charge in [-0.2, -0.15) is 11.8 Å². The number of hydrogen-bond acceptors (Lipinski definition) is 5. The van der Waals surface area contributed by atoms with Crippen molar-refractivity contribution in [3.8, 4) is 0 Å². The Balaban J connectivity index is 1.88. The highest BCUT2D eigenvalue weighted by molar-refractivity contribution is 7.98. The number of aromatic nitrogens is 2. The first-order chi connectivity index (χ1) is 13.5. The number of carbonyl (C=O) groups excluding carboxylic acids is 2. The quantitative estimate of drug-likeness (QED) is 0.699. The van der Waals surface area contributed by atoms with Gasteiger partial charge in [0.25, 0.3) is 0 Å². The average molecular weight is 423 g/mol. The van der Waals surface area contributed by atoms with Crippen LogP contribution < -0.4 is 5.32 Å². The van der Waals surface area contributed by atoms with E-state index < -0.39 is 12.0 Å². The van der Waals surface area contributed by atoms with Crippen LogP contribution in [-0.4, -0.2) is 58.6 Å². The fourth-order valence-electron chi connectivity index (χ4n) is 3.37. The molecule has 150 valence electrons. The van der Waals surface area contributed by atoms with Crippen molar-refractivity contribution < 1.29 is 14.3 Å². The summed E-state index contributed by atoms with van der Waals surface area (Å²) in [5.74, 6) is 0.292. The van der Waals surface area contributed by atoms with Crippen LogP contribution in [0.5, 0.6) is 0 Å². The molecule has 1 aromatic heterocycles. The van der Waals surface area contributed by atoms with E-state index in [2.05, 4.69) is 15.3 Å². The van der Waals surface area contributed by atoms with Gasteiger partial charge in [0.15, 0.2) is 0 Å². The number of imidazole rings is 1. The molecule has 3 rings (SSSR count). The number of H-pyrrole nitrogens is 1. The molecule has 1 aromatic carbocycles. The van der Waals surface area contributed by atoms with Gasteiger partial charge in [0.05, 0.1) is 19.1 Å². The minimum atomic E-state index is -0.689. The van der Waals surface area contributed by atoms with Gasteiger partial charge in [-0.1, -0.05) is 23.7 Å². The van der Waals surface area contributed by atoms with Crippen LogP contribution in [0.3, 0.4) is 0 Å². The molecule has 28 heavy (non-hydrogen) atoms. The Morgan fingerprint density at radius 2 is 2.32 bits per heavy atom. The first-order valence-electron chi connectivity index (χ1n) is 8.96. The molecule has 0 saturated heterocycles. The molecule has 0 saturated carbocycles. The number of thioether (sulfide) groups is 1. The number of esters is 1. The summed E-state index contributed by atoms with van der Waals surface area (Å²) in [6, 6.07) is 6.01. The zero-order valence-corrected chi connectivity index (χ0v) is 17.3. The molecular formula is C19H23ClN4O3S. The predicted octanol–water partition coefficient (Wildman–Crippen LogP) is 3.01. The van der Waals surface area contributed by atoms with Gasteiger partial charge in [0.2, 0.25) is 0 Å². The summed E-state index contributed by atoms with van der Waals surface area (Å²) in [6.07, 6.45) is 4.75. The first kappa shape index (κ1) is 20.5. The van der Waals surface area contributed by atoms with Crippen molar-refractivity contribution in [3.05, 3.63) is 52.6 Å². The topological polar surface area (TPSA) is 87.3 Å². The summed E-state index contributed by atoms with van der Waals surface area (Å²) in [4.78, 5) is 34.5. The molecule has 0 aliphatic carbocycles. The average Bonchev–Trinajstić information content (AvgIpc) is 3.18. The lowest BCUT2D eigenvalue weighted by Crippen LogP contribution is -2.51. The van der Waals surface area contributed by atoms with Gasteiger partial charge in [0.1, 0.15) is 12.1 Å². The Kier molecular flexibility index (Phi) is 6.85. The Labute approximate surface area is 173 Å². The summed E-state index contributed by atoms with van der Waals surface area (Å²) in [5, 5.41) is 3.43. The van der Waals surface area contributed by atoms with E-state index in [0.717, 1.165) is 22.7 Å². The molecule has 2 unspecified atom stereocenters. The van der Waals surface area contributed by atoms with Crippen LogP contribution >= 0.6 is 23.4 Å². The molecule has 2 aromatic rings. The van der Waals surface area contributed by atoms with Gasteiger partial charge in [-0.05, 0) is 36.1 Å². The second kappa shape index (κ2) is 9.34. The number of nitrogens with one attached hydrogen (secondary N) is 2. The maximum atomic E-state index is 13.1. The SMILES string of the molecule is COC(=O)C(CCSC)NC(=O)N1CCc2[nH]cnc2C1c1cccc(Cl)c1. The Morgan fingerprint density at radius 3 is 3.04 bits per heavy atom. The summed E-state index contributed by atoms with van der Waals surface area (Å²) < 4.78 is 4.85. The number of carbonyl (C=O) groups is 2. The third-order valence-corrected chi connectivity index (χ3v) is 5.62. The number of rotatable bonds is 6. The highest BCUT2D eigenvalue weighted by Gasteiger charge is 2.35. The van der Waals surface area contributed by atoms with E-state index in [0.29, 0.717) is 24.4 Å². The first-order valence-corrected chi connectivity index (χ1v) is 10.7. The second-order valence-electron chi connectivity index (χ2n) is 6.47. The van der Waals surface area contributed by atoms with E-state index in [9.17, 15) is 9.59 Å². The molecular weight excluding hydrogens is 400 g/mol. The lowest BCUT2D eigenvalue weighted by Gasteiger charge is -2.36. The van der Waals surface area contributed by atoms with Gasteiger partial charge in [-0.25, -0.2) is 14.6 Å². The molecule has 2 atom stereocenters. The van der Waals surface area contributed by atoms with E-state index in [1.807, 2.05) is 24.5 Å². The number of amides is 2. The van der Waals surface area contributed by atoms with Crippen LogP contribution in [0.1, 0.15) is 29.4 Å². The molecule has 7 nitrogen and oxygen atoms in total. The second-order valence-corrected chi connectivity index (χ2v) is 7.90. The van der Waals surface area contributed by atoms with Gasteiger partial charge in [0, 0.05) is 23.7 Å². The number of aromatic amines is 1. The van der Waals surface area contributed by atoms with Crippen molar-refractivity contribution in [1.29, 1.82) is 0 Å². The lowest BCUT2D eigenvalue weighted by atomic mass is 9.96. The number of nitrogens with zero attached hydrogens (tertiary/aromatic N) is 2. The molecule has 9 heteroatoms. The minimum absolute atomic E-state index is 0.324. The monoisotopic (exact) mass is 422 g/mol. The molecule has 0 bridgehead atoms. The number of urea groups is 1. The highest BCUT2D eigenvalue weighted by atomic mass is 35.5. The van der Waals surface area contributed by atoms with E-state index in [4.69, 9.17) is 16.3 Å². The summed E-state index contributed by atoms with van der Waals surface area (Å²) in [7, 11) is 1.33. The lowest BCUT2D eigenvalue weighted by molar-refractivity contribution is -0.142. The largest absolute Gasteiger partial charge is 0.467 e. The number of halogens is 1. The van der Waals surface area contributed by atoms with Gasteiger partial charge in [-0.15, -0.1) is 0 Å². The number of benzene rings is 1. The van der Waals surface area contributed by atoms with Gasteiger partial charge < -0.3 is 19.9 Å². The van der Waals surface area contributed by atoms with Crippen molar-refractivity contribution in [2.75, 3.05) is 25.7 Å². The maximum absolute atomic E-state index is 13.1. The molecule has 2 N–H and O–H groups in total. The fourth-order valence-corrected chi connectivity index (χ4v) is 4.04. The van der Waals surface area contributed by atoms with E-state index in [1.165, 1.54) is 7.11 Å². The van der Waals surface area contributed by atoms with Crippen molar-refractivity contribution >= 4 is 35.4 Å². The normalized spacial score (nSPS) is 17.0. The van der Waals surface area contributed by atoms with Crippen molar-refractivity contribution in [2.24, 2.45) is 0 Å². The van der Waals surface area contributed by atoms with E-state index in [-0.39, 0.29) is 12.1 Å². The van der Waals surface area contributed by atoms with E-state index >= 15 is 0 Å². The van der Waals surface area contributed by atoms with Crippen LogP contribution in [-0.2, 0) is 16.0 Å². The number of ether oxygens (including phenoxy) is 1. The number of hydrogen-bond donors (Lipinski definition) is 2. The smallest absolute Gasteiger partial charge is 0.328 e. The maximum Gasteiger partial charge on any atom is 0.328 e. The molecule has 2 heterocycles. The number of fused-ring (bicyclic) bond motifs is 1. The third kappa shape index (κ3) is 4.44. The Morgan fingerprint density at radius 1 is 1.50 bits per heavy atom. The van der Waals surface area contributed by atoms with Gasteiger partial charge >= 0.3 is 12.0 Å². The van der Waals surface area contributed by atoms with Crippen LogP contribution in [0.15, 0.2) is 30.6 Å². The minimum Gasteiger partial charge on any atom is -0.467 e. The zero-order valence-electron chi connectivity index (χ0n) is 15.8. The van der Waals surface area contributed by atoms with Crippen LogP contribution in [0.25, 0.3) is 0 Å². The molecule has 0 radical (unpaired) electrons. The Bertz CT molecular complexity index is 844. The van der Waals surface area contributed by atoms with Crippen molar-refractivity contribution in [1.82, 2.24) is 20.2 Å². The number of methoxy groups -OCH3 is 1. The molecule has 0 fully saturated rings. The fraction of sp³-hybridized carbons (Fsp3) is 0.421. The molecule has 0 spiro atoms. The molecule has 1 aliphatic heterocycles. The standard InChI is InChI=1S/C19H23ClN4O3S/c1-27-18(25)15(7-9-28-2)23-19(26)24-8-6-14-16(22-11-21-14)17(24)12-4-3-5-13(20)10-12/h3-5,10-11,15,17H,6-9H2,1-2H3,(H,21,22)(H,23,26). The van der Waals surface area contributed by atoms with Crippen LogP contribution in [0.4, 0.5) is 4.79 Å². The summed E-state index contributed by atoms with van der Waals surface area (Å²) in [5.41, 5.74) is 2.66. The summed E-state index contributed by atoms with van der Waals surface area (Å²) in [6.45, 7) is 0.495. The molecule has 1 aliphatic rings. The predicted molar refractivity (Wildman–Crippen MR) is 110 cm³/mol. The van der Waals surface area contributed by atoms with E-state index in [1.54, 1.807) is 29.1 Å². The van der Waals surface area contributed by atoms with Gasteiger partial charge in [-0.3, -0.25) is 0 Å². The van der Waals surface area contributed by atoms with Crippen molar-refractivity contribution in [3.63, 3.8) is 0 Å². The van der Waals surface area contributed by atoms with Crippen molar-refractivity contribution in [2.45, 2.75) is 24.9 Å². The highest BCUT2D eigenvalue weighted by Crippen LogP contribution is 2.34. The van der Waals surface area contributed by atoms with Crippen LogP contribution in [0.2, 0.25) is 5.02 Å². The van der Waals surface area contributed by atoms with Crippen LogP contribution in [0, 0.1) is 0 Å².